The van der Waals surface area contributed by atoms with Crippen LogP contribution in [0.3, 0.4) is 0 Å². The Morgan fingerprint density at radius 2 is 2.12 bits per heavy atom. The Bertz CT molecular complexity index is 350. The van der Waals surface area contributed by atoms with Gasteiger partial charge in [0.15, 0.2) is 0 Å². The van der Waals surface area contributed by atoms with Gasteiger partial charge in [-0.3, -0.25) is 0 Å². The summed E-state index contributed by atoms with van der Waals surface area (Å²) in [4.78, 5) is 0. The van der Waals surface area contributed by atoms with Crippen molar-refractivity contribution in [3.05, 3.63) is 28.3 Å². The van der Waals surface area contributed by atoms with Crippen LogP contribution in [0.1, 0.15) is 31.4 Å². The van der Waals surface area contributed by atoms with E-state index in [0.717, 1.165) is 18.6 Å². The lowest BCUT2D eigenvalue weighted by molar-refractivity contribution is 0.340. The van der Waals surface area contributed by atoms with Gasteiger partial charge in [-0.15, -0.1) is 0 Å². The number of halogens is 1. The third kappa shape index (κ3) is 3.69. The van der Waals surface area contributed by atoms with Crippen LogP contribution in [0.25, 0.3) is 0 Å². The molecule has 0 fully saturated rings. The van der Waals surface area contributed by atoms with Gasteiger partial charge in [0.1, 0.15) is 5.75 Å². The van der Waals surface area contributed by atoms with Gasteiger partial charge in [0.2, 0.25) is 0 Å². The molecule has 0 aliphatic carbocycles. The highest BCUT2D eigenvalue weighted by Gasteiger charge is 2.07. The maximum Gasteiger partial charge on any atom is 0.138 e. The predicted octanol–water partition coefficient (Wildman–Crippen LogP) is 3.33. The first-order chi connectivity index (χ1) is 7.54. The molecule has 0 radical (unpaired) electrons. The Labute approximate surface area is 103 Å². The van der Waals surface area contributed by atoms with E-state index in [0.29, 0.717) is 11.6 Å². The number of rotatable bonds is 5. The van der Waals surface area contributed by atoms with E-state index >= 15 is 0 Å². The van der Waals surface area contributed by atoms with Crippen LogP contribution in [0, 0.1) is 6.92 Å². The molecule has 1 rings (SSSR count). The number of nitrogens with two attached hydrogens (primary N) is 1. The lowest BCUT2D eigenvalue weighted by atomic mass is 10.0. The zero-order valence-electron chi connectivity index (χ0n) is 10.2. The molecular weight excluding hydrogens is 222 g/mol. The summed E-state index contributed by atoms with van der Waals surface area (Å²) in [6.07, 6.45) is 1.95. The monoisotopic (exact) mass is 241 g/mol. The molecule has 0 aliphatic rings. The van der Waals surface area contributed by atoms with Crippen molar-refractivity contribution in [1.29, 1.82) is 0 Å². The maximum atomic E-state index is 6.14. The normalized spacial score (nSPS) is 12.6. The summed E-state index contributed by atoms with van der Waals surface area (Å²) >= 11 is 6.14. The molecule has 0 aromatic heterocycles. The summed E-state index contributed by atoms with van der Waals surface area (Å²) in [5, 5.41) is 0.687. The second-order valence-corrected chi connectivity index (χ2v) is 4.57. The van der Waals surface area contributed by atoms with Crippen molar-refractivity contribution in [3.8, 4) is 5.75 Å². The van der Waals surface area contributed by atoms with E-state index < -0.39 is 0 Å². The molecule has 2 N–H and O–H groups in total. The van der Waals surface area contributed by atoms with E-state index in [9.17, 15) is 0 Å². The van der Waals surface area contributed by atoms with Gasteiger partial charge >= 0.3 is 0 Å². The second kappa shape index (κ2) is 6.12. The molecular formula is C13H20ClNO. The van der Waals surface area contributed by atoms with Crippen LogP contribution in [-0.2, 0) is 6.42 Å². The molecule has 1 atom stereocenters. The molecule has 0 saturated heterocycles. The van der Waals surface area contributed by atoms with Crippen LogP contribution < -0.4 is 10.5 Å². The van der Waals surface area contributed by atoms with Gasteiger partial charge in [-0.2, -0.15) is 0 Å². The van der Waals surface area contributed by atoms with Crippen molar-refractivity contribution in [2.24, 2.45) is 5.73 Å². The molecule has 0 spiro atoms. The van der Waals surface area contributed by atoms with Gasteiger partial charge in [0, 0.05) is 6.04 Å². The molecule has 2 nitrogen and oxygen atoms in total. The molecule has 3 heteroatoms. The van der Waals surface area contributed by atoms with Gasteiger partial charge < -0.3 is 10.5 Å². The minimum absolute atomic E-state index is 0.227. The van der Waals surface area contributed by atoms with Crippen LogP contribution >= 0.6 is 11.6 Å². The summed E-state index contributed by atoms with van der Waals surface area (Å²) < 4.78 is 5.44. The van der Waals surface area contributed by atoms with Gasteiger partial charge in [0.25, 0.3) is 0 Å². The van der Waals surface area contributed by atoms with Gasteiger partial charge in [-0.25, -0.2) is 0 Å². The summed E-state index contributed by atoms with van der Waals surface area (Å²) in [5.74, 6) is 0.770. The average molecular weight is 242 g/mol. The molecule has 0 aliphatic heterocycles. The first kappa shape index (κ1) is 13.3. The fourth-order valence-corrected chi connectivity index (χ4v) is 1.86. The third-order valence-electron chi connectivity index (χ3n) is 2.56. The molecule has 0 amide bonds. The van der Waals surface area contributed by atoms with Crippen LogP contribution in [0.2, 0.25) is 5.02 Å². The standard InChI is InChI=1S/C13H20ClNO/c1-4-16-13-7-9(2)11(8-12(13)14)6-5-10(3)15/h7-8,10H,4-6,15H2,1-3H3. The summed E-state index contributed by atoms with van der Waals surface area (Å²) in [7, 11) is 0. The molecule has 1 unspecified atom stereocenters. The van der Waals surface area contributed by atoms with Crippen LogP contribution in [0.4, 0.5) is 0 Å². The number of hydrogen-bond acceptors (Lipinski definition) is 2. The smallest absolute Gasteiger partial charge is 0.138 e. The van der Waals surface area contributed by atoms with Gasteiger partial charge in [0.05, 0.1) is 11.6 Å². The van der Waals surface area contributed by atoms with Gasteiger partial charge in [-0.05, 0) is 56.9 Å². The number of hydrogen-bond donors (Lipinski definition) is 1. The van der Waals surface area contributed by atoms with Crippen molar-refractivity contribution >= 4 is 11.6 Å². The molecule has 16 heavy (non-hydrogen) atoms. The second-order valence-electron chi connectivity index (χ2n) is 4.16. The van der Waals surface area contributed by atoms with Crippen LogP contribution in [0.5, 0.6) is 5.75 Å². The fourth-order valence-electron chi connectivity index (χ4n) is 1.61. The number of aryl methyl sites for hydroxylation is 2. The molecule has 1 aromatic carbocycles. The Kier molecular flexibility index (Phi) is 5.10. The number of ether oxygens (including phenoxy) is 1. The molecule has 0 saturated carbocycles. The van der Waals surface area contributed by atoms with Crippen molar-refractivity contribution in [1.82, 2.24) is 0 Å². The third-order valence-corrected chi connectivity index (χ3v) is 2.85. The van der Waals surface area contributed by atoms with Crippen molar-refractivity contribution in [3.63, 3.8) is 0 Å². The first-order valence-corrected chi connectivity index (χ1v) is 6.09. The lowest BCUT2D eigenvalue weighted by Crippen LogP contribution is -2.15. The van der Waals surface area contributed by atoms with Crippen LogP contribution in [-0.4, -0.2) is 12.6 Å². The minimum atomic E-state index is 0.227. The van der Waals surface area contributed by atoms with E-state index in [1.807, 2.05) is 26.0 Å². The van der Waals surface area contributed by atoms with Crippen molar-refractivity contribution < 1.29 is 4.74 Å². The fraction of sp³-hybridized carbons (Fsp3) is 0.538. The topological polar surface area (TPSA) is 35.2 Å². The van der Waals surface area contributed by atoms with E-state index in [-0.39, 0.29) is 6.04 Å². The SMILES string of the molecule is CCOc1cc(C)c(CCC(C)N)cc1Cl. The Balaban J connectivity index is 2.83. The molecule has 90 valence electrons. The highest BCUT2D eigenvalue weighted by molar-refractivity contribution is 6.32. The van der Waals surface area contributed by atoms with Crippen molar-refractivity contribution in [2.75, 3.05) is 6.61 Å². The lowest BCUT2D eigenvalue weighted by Gasteiger charge is -2.12. The maximum absolute atomic E-state index is 6.14. The summed E-state index contributed by atoms with van der Waals surface area (Å²) in [6, 6.07) is 4.22. The first-order valence-electron chi connectivity index (χ1n) is 5.72. The van der Waals surface area contributed by atoms with E-state index in [2.05, 4.69) is 6.92 Å². The zero-order chi connectivity index (χ0) is 12.1. The van der Waals surface area contributed by atoms with E-state index in [1.165, 1.54) is 11.1 Å². The molecule has 0 bridgehead atoms. The quantitative estimate of drug-likeness (QED) is 0.858. The zero-order valence-corrected chi connectivity index (χ0v) is 11.0. The highest BCUT2D eigenvalue weighted by Crippen LogP contribution is 2.28. The summed E-state index contributed by atoms with van der Waals surface area (Å²) in [6.45, 7) is 6.69. The molecule has 0 heterocycles. The van der Waals surface area contributed by atoms with E-state index in [1.54, 1.807) is 0 Å². The Morgan fingerprint density at radius 1 is 1.44 bits per heavy atom. The van der Waals surface area contributed by atoms with E-state index in [4.69, 9.17) is 22.1 Å². The summed E-state index contributed by atoms with van der Waals surface area (Å²) in [5.41, 5.74) is 8.22. The molecule has 1 aromatic rings. The van der Waals surface area contributed by atoms with Crippen LogP contribution in [0.15, 0.2) is 12.1 Å². The Hall–Kier alpha value is -0.730. The minimum Gasteiger partial charge on any atom is -0.492 e. The number of benzene rings is 1. The largest absolute Gasteiger partial charge is 0.492 e. The Morgan fingerprint density at radius 3 is 2.69 bits per heavy atom. The predicted molar refractivity (Wildman–Crippen MR) is 69.3 cm³/mol. The highest BCUT2D eigenvalue weighted by atomic mass is 35.5. The van der Waals surface area contributed by atoms with Crippen molar-refractivity contribution in [2.45, 2.75) is 39.7 Å². The van der Waals surface area contributed by atoms with Gasteiger partial charge in [-0.1, -0.05) is 11.6 Å². The average Bonchev–Trinajstić information content (AvgIpc) is 2.21.